The highest BCUT2D eigenvalue weighted by Crippen LogP contribution is 2.06. The molecule has 14 heavy (non-hydrogen) atoms. The summed E-state index contributed by atoms with van der Waals surface area (Å²) in [4.78, 5) is 4.26. The summed E-state index contributed by atoms with van der Waals surface area (Å²) in [5.41, 5.74) is 7.59. The Balaban J connectivity index is 2.36. The van der Waals surface area contributed by atoms with Crippen molar-refractivity contribution in [3.05, 3.63) is 24.4 Å². The molecule has 0 aliphatic rings. The van der Waals surface area contributed by atoms with Crippen LogP contribution in [0.15, 0.2) is 18.7 Å². The molecule has 5 heteroatoms. The summed E-state index contributed by atoms with van der Waals surface area (Å²) >= 11 is 0. The van der Waals surface area contributed by atoms with Crippen molar-refractivity contribution in [3.8, 4) is 0 Å². The molecule has 2 heterocycles. The standard InChI is InChI=1S/C9H13N5/c1-2-7(10)5-8-9-13-12-6-14(9)4-3-11-8/h3-4,6-7H,2,5,10H2,1H3. The maximum absolute atomic E-state index is 5.87. The van der Waals surface area contributed by atoms with Crippen LogP contribution >= 0.6 is 0 Å². The van der Waals surface area contributed by atoms with E-state index in [2.05, 4.69) is 22.1 Å². The van der Waals surface area contributed by atoms with E-state index in [4.69, 9.17) is 5.73 Å². The molecule has 74 valence electrons. The number of fused-ring (bicyclic) bond motifs is 1. The Morgan fingerprint density at radius 3 is 3.21 bits per heavy atom. The van der Waals surface area contributed by atoms with Crippen molar-refractivity contribution in [3.63, 3.8) is 0 Å². The number of nitrogens with two attached hydrogens (primary N) is 1. The van der Waals surface area contributed by atoms with Gasteiger partial charge >= 0.3 is 0 Å². The van der Waals surface area contributed by atoms with E-state index in [1.165, 1.54) is 0 Å². The molecule has 2 aromatic heterocycles. The van der Waals surface area contributed by atoms with Crippen LogP contribution in [0.25, 0.3) is 5.65 Å². The summed E-state index contributed by atoms with van der Waals surface area (Å²) in [5, 5.41) is 7.83. The van der Waals surface area contributed by atoms with Gasteiger partial charge in [-0.05, 0) is 6.42 Å². The minimum atomic E-state index is 0.144. The Hall–Kier alpha value is -1.49. The fraction of sp³-hybridized carbons (Fsp3) is 0.444. The average molecular weight is 191 g/mol. The maximum Gasteiger partial charge on any atom is 0.182 e. The van der Waals surface area contributed by atoms with E-state index in [0.29, 0.717) is 0 Å². The third kappa shape index (κ3) is 1.58. The summed E-state index contributed by atoms with van der Waals surface area (Å²) in [6.07, 6.45) is 6.93. The van der Waals surface area contributed by atoms with Gasteiger partial charge in [0, 0.05) is 24.9 Å². The summed E-state index contributed by atoms with van der Waals surface area (Å²) in [6.45, 7) is 2.06. The molecule has 2 rings (SSSR count). The minimum Gasteiger partial charge on any atom is -0.327 e. The molecule has 1 unspecified atom stereocenters. The van der Waals surface area contributed by atoms with Crippen LogP contribution in [0.3, 0.4) is 0 Å². The minimum absolute atomic E-state index is 0.144. The predicted molar refractivity (Wildman–Crippen MR) is 52.8 cm³/mol. The van der Waals surface area contributed by atoms with Crippen molar-refractivity contribution in [2.24, 2.45) is 5.73 Å². The molecule has 2 N–H and O–H groups in total. The zero-order valence-corrected chi connectivity index (χ0v) is 8.09. The van der Waals surface area contributed by atoms with Gasteiger partial charge in [0.25, 0.3) is 0 Å². The number of nitrogens with zero attached hydrogens (tertiary/aromatic N) is 4. The second-order valence-electron chi connectivity index (χ2n) is 3.31. The lowest BCUT2D eigenvalue weighted by Gasteiger charge is -2.07. The monoisotopic (exact) mass is 191 g/mol. The number of aromatic nitrogens is 4. The molecular formula is C9H13N5. The highest BCUT2D eigenvalue weighted by Gasteiger charge is 2.08. The SMILES string of the molecule is CCC(N)Cc1nccn2cnnc12. The molecular weight excluding hydrogens is 178 g/mol. The molecule has 0 spiro atoms. The smallest absolute Gasteiger partial charge is 0.182 e. The zero-order chi connectivity index (χ0) is 9.97. The first kappa shape index (κ1) is 9.08. The van der Waals surface area contributed by atoms with Crippen LogP contribution in [-0.4, -0.2) is 25.6 Å². The van der Waals surface area contributed by atoms with E-state index in [0.717, 1.165) is 24.2 Å². The van der Waals surface area contributed by atoms with Gasteiger partial charge in [-0.1, -0.05) is 6.92 Å². The Bertz CT molecular complexity index is 422. The van der Waals surface area contributed by atoms with Gasteiger partial charge in [-0.25, -0.2) is 0 Å². The second kappa shape index (κ2) is 3.71. The Kier molecular flexibility index (Phi) is 2.41. The van der Waals surface area contributed by atoms with Crippen molar-refractivity contribution in [1.29, 1.82) is 0 Å². The summed E-state index contributed by atoms with van der Waals surface area (Å²) in [6, 6.07) is 0.144. The van der Waals surface area contributed by atoms with E-state index in [1.54, 1.807) is 12.5 Å². The van der Waals surface area contributed by atoms with Gasteiger partial charge < -0.3 is 5.73 Å². The highest BCUT2D eigenvalue weighted by atomic mass is 15.2. The number of rotatable bonds is 3. The van der Waals surface area contributed by atoms with Crippen LogP contribution in [0.2, 0.25) is 0 Å². The van der Waals surface area contributed by atoms with E-state index < -0.39 is 0 Å². The van der Waals surface area contributed by atoms with E-state index in [9.17, 15) is 0 Å². The van der Waals surface area contributed by atoms with Crippen molar-refractivity contribution < 1.29 is 0 Å². The largest absolute Gasteiger partial charge is 0.327 e. The highest BCUT2D eigenvalue weighted by molar-refractivity contribution is 5.42. The third-order valence-electron chi connectivity index (χ3n) is 2.27. The molecule has 0 aliphatic carbocycles. The fourth-order valence-corrected chi connectivity index (χ4v) is 1.35. The molecule has 0 aliphatic heterocycles. The average Bonchev–Trinajstić information content (AvgIpc) is 2.66. The lowest BCUT2D eigenvalue weighted by molar-refractivity contribution is 0.637. The zero-order valence-electron chi connectivity index (χ0n) is 8.09. The lowest BCUT2D eigenvalue weighted by Crippen LogP contribution is -2.22. The molecule has 1 atom stereocenters. The van der Waals surface area contributed by atoms with Crippen molar-refractivity contribution in [2.45, 2.75) is 25.8 Å². The van der Waals surface area contributed by atoms with Gasteiger partial charge in [-0.3, -0.25) is 9.38 Å². The summed E-state index contributed by atoms with van der Waals surface area (Å²) in [7, 11) is 0. The van der Waals surface area contributed by atoms with Gasteiger partial charge in [-0.15, -0.1) is 10.2 Å². The van der Waals surface area contributed by atoms with Crippen molar-refractivity contribution in [1.82, 2.24) is 19.6 Å². The Labute approximate surface area is 82.0 Å². The van der Waals surface area contributed by atoms with E-state index >= 15 is 0 Å². The van der Waals surface area contributed by atoms with Crippen LogP contribution < -0.4 is 5.73 Å². The normalized spacial score (nSPS) is 13.3. The first-order valence-electron chi connectivity index (χ1n) is 4.70. The van der Waals surface area contributed by atoms with Crippen LogP contribution in [0.5, 0.6) is 0 Å². The quantitative estimate of drug-likeness (QED) is 0.762. The number of hydrogen-bond donors (Lipinski definition) is 1. The summed E-state index contributed by atoms with van der Waals surface area (Å²) in [5.74, 6) is 0. The van der Waals surface area contributed by atoms with Gasteiger partial charge in [0.05, 0.1) is 5.69 Å². The van der Waals surface area contributed by atoms with Crippen LogP contribution in [0.4, 0.5) is 0 Å². The number of hydrogen-bond acceptors (Lipinski definition) is 4. The third-order valence-corrected chi connectivity index (χ3v) is 2.27. The molecule has 0 amide bonds. The molecule has 5 nitrogen and oxygen atoms in total. The van der Waals surface area contributed by atoms with Crippen LogP contribution in [0.1, 0.15) is 19.0 Å². The predicted octanol–water partition coefficient (Wildman–Crippen LogP) is 0.404. The van der Waals surface area contributed by atoms with E-state index in [1.807, 2.05) is 10.6 Å². The molecule has 0 bridgehead atoms. The molecule has 0 saturated carbocycles. The maximum atomic E-state index is 5.87. The van der Waals surface area contributed by atoms with Gasteiger partial charge in [-0.2, -0.15) is 0 Å². The molecule has 0 radical (unpaired) electrons. The van der Waals surface area contributed by atoms with Crippen molar-refractivity contribution >= 4 is 5.65 Å². The Morgan fingerprint density at radius 1 is 1.57 bits per heavy atom. The second-order valence-corrected chi connectivity index (χ2v) is 3.31. The molecule has 2 aromatic rings. The van der Waals surface area contributed by atoms with Crippen molar-refractivity contribution in [2.75, 3.05) is 0 Å². The Morgan fingerprint density at radius 2 is 2.43 bits per heavy atom. The fourth-order valence-electron chi connectivity index (χ4n) is 1.35. The lowest BCUT2D eigenvalue weighted by atomic mass is 10.1. The molecule has 0 saturated heterocycles. The van der Waals surface area contributed by atoms with Gasteiger partial charge in [0.1, 0.15) is 6.33 Å². The molecule has 0 fully saturated rings. The van der Waals surface area contributed by atoms with Gasteiger partial charge in [0.15, 0.2) is 5.65 Å². The van der Waals surface area contributed by atoms with Gasteiger partial charge in [0.2, 0.25) is 0 Å². The first-order valence-corrected chi connectivity index (χ1v) is 4.70. The van der Waals surface area contributed by atoms with Crippen LogP contribution in [-0.2, 0) is 6.42 Å². The molecule has 0 aromatic carbocycles. The van der Waals surface area contributed by atoms with Crippen LogP contribution in [0, 0.1) is 0 Å². The topological polar surface area (TPSA) is 69.1 Å². The summed E-state index contributed by atoms with van der Waals surface area (Å²) < 4.78 is 1.85. The first-order chi connectivity index (χ1) is 6.81. The van der Waals surface area contributed by atoms with E-state index in [-0.39, 0.29) is 6.04 Å².